The molecule has 0 atom stereocenters. The van der Waals surface area contributed by atoms with E-state index in [0.717, 1.165) is 0 Å². The summed E-state index contributed by atoms with van der Waals surface area (Å²) in [6, 6.07) is 17.0. The average Bonchev–Trinajstić information content (AvgIpc) is 3.19. The zero-order valence-electron chi connectivity index (χ0n) is 14.1. The molecule has 1 N–H and O–H groups in total. The predicted molar refractivity (Wildman–Crippen MR) is 101 cm³/mol. The molecule has 1 aromatic heterocycles. The highest BCUT2D eigenvalue weighted by molar-refractivity contribution is 7.12. The first-order valence-electron chi connectivity index (χ1n) is 8.05. The Bertz CT molecular complexity index is 888. The largest absolute Gasteiger partial charge is 0.494 e. The first kappa shape index (κ1) is 17.7. The number of rotatable bonds is 6. The summed E-state index contributed by atoms with van der Waals surface area (Å²) in [5.41, 5.74) is 1.03. The Kier molecular flexibility index (Phi) is 5.66. The third-order valence-electron chi connectivity index (χ3n) is 3.45. The molecular weight excluding hydrogens is 350 g/mol. The van der Waals surface area contributed by atoms with Gasteiger partial charge in [0.05, 0.1) is 17.0 Å². The van der Waals surface area contributed by atoms with E-state index in [1.54, 1.807) is 54.6 Å². The number of thiophene rings is 1. The van der Waals surface area contributed by atoms with Crippen molar-refractivity contribution < 1.29 is 19.1 Å². The number of carbonyl (C=O) groups excluding carboxylic acids is 2. The van der Waals surface area contributed by atoms with Gasteiger partial charge in [0.25, 0.3) is 5.91 Å². The summed E-state index contributed by atoms with van der Waals surface area (Å²) in [6.07, 6.45) is 0. The summed E-state index contributed by atoms with van der Waals surface area (Å²) in [5, 5.41) is 4.64. The van der Waals surface area contributed by atoms with Gasteiger partial charge in [0.2, 0.25) is 0 Å². The van der Waals surface area contributed by atoms with Gasteiger partial charge in [-0.1, -0.05) is 12.1 Å². The third-order valence-corrected chi connectivity index (χ3v) is 4.32. The first-order valence-corrected chi connectivity index (χ1v) is 8.93. The molecule has 0 bridgehead atoms. The van der Waals surface area contributed by atoms with E-state index in [-0.39, 0.29) is 5.91 Å². The number of carbonyl (C=O) groups is 2. The minimum Gasteiger partial charge on any atom is -0.494 e. The van der Waals surface area contributed by atoms with Crippen LogP contribution in [-0.2, 0) is 0 Å². The van der Waals surface area contributed by atoms with Gasteiger partial charge in [-0.2, -0.15) is 0 Å². The monoisotopic (exact) mass is 367 g/mol. The molecule has 1 heterocycles. The quantitative estimate of drug-likeness (QED) is 0.510. The number of benzene rings is 2. The van der Waals surface area contributed by atoms with Gasteiger partial charge in [0, 0.05) is 5.69 Å². The van der Waals surface area contributed by atoms with Crippen molar-refractivity contribution in [2.24, 2.45) is 0 Å². The van der Waals surface area contributed by atoms with E-state index in [9.17, 15) is 9.59 Å². The molecule has 0 aliphatic heterocycles. The summed E-state index contributed by atoms with van der Waals surface area (Å²) in [5.74, 6) is 0.374. The Hall–Kier alpha value is -3.12. The molecule has 0 spiro atoms. The molecule has 5 nitrogen and oxygen atoms in total. The van der Waals surface area contributed by atoms with Crippen LogP contribution in [0.3, 0.4) is 0 Å². The van der Waals surface area contributed by atoms with Crippen molar-refractivity contribution in [2.45, 2.75) is 6.92 Å². The first-order chi connectivity index (χ1) is 12.7. The number of anilines is 1. The van der Waals surface area contributed by atoms with Crippen LogP contribution < -0.4 is 14.8 Å². The van der Waals surface area contributed by atoms with Crippen LogP contribution in [0.2, 0.25) is 0 Å². The molecule has 0 saturated carbocycles. The number of nitrogens with one attached hydrogen (secondary N) is 1. The summed E-state index contributed by atoms with van der Waals surface area (Å²) in [4.78, 5) is 24.9. The van der Waals surface area contributed by atoms with E-state index in [0.29, 0.717) is 34.2 Å². The van der Waals surface area contributed by atoms with Crippen molar-refractivity contribution in [3.63, 3.8) is 0 Å². The summed E-state index contributed by atoms with van der Waals surface area (Å²) in [6.45, 7) is 2.40. The highest BCUT2D eigenvalue weighted by Crippen LogP contribution is 2.20. The molecule has 3 aromatic rings. The lowest BCUT2D eigenvalue weighted by Crippen LogP contribution is -2.11. The summed E-state index contributed by atoms with van der Waals surface area (Å²) in [7, 11) is 0. The van der Waals surface area contributed by atoms with Gasteiger partial charge in [-0.05, 0) is 60.8 Å². The summed E-state index contributed by atoms with van der Waals surface area (Å²) < 4.78 is 10.7. The molecule has 0 aliphatic carbocycles. The Morgan fingerprint density at radius 1 is 1.00 bits per heavy atom. The van der Waals surface area contributed by atoms with Crippen LogP contribution in [0.5, 0.6) is 11.5 Å². The smallest absolute Gasteiger partial charge is 0.343 e. The van der Waals surface area contributed by atoms with Gasteiger partial charge < -0.3 is 14.8 Å². The zero-order valence-corrected chi connectivity index (χ0v) is 14.9. The number of esters is 1. The van der Waals surface area contributed by atoms with Crippen molar-refractivity contribution in [1.82, 2.24) is 0 Å². The zero-order chi connectivity index (χ0) is 18.4. The lowest BCUT2D eigenvalue weighted by atomic mass is 10.2. The Balaban J connectivity index is 1.62. The average molecular weight is 367 g/mol. The SMILES string of the molecule is CCOc1cccc(C(=O)Oc2ccc(NC(=O)c3cccs3)cc2)c1. The van der Waals surface area contributed by atoms with Crippen molar-refractivity contribution in [3.8, 4) is 11.5 Å². The molecular formula is C20H17NO4S. The maximum absolute atomic E-state index is 12.2. The van der Waals surface area contributed by atoms with Crippen LogP contribution in [0.1, 0.15) is 27.0 Å². The molecule has 0 radical (unpaired) electrons. The molecule has 1 amide bonds. The van der Waals surface area contributed by atoms with Gasteiger partial charge in [0.1, 0.15) is 11.5 Å². The van der Waals surface area contributed by atoms with Crippen LogP contribution in [0.25, 0.3) is 0 Å². The molecule has 0 saturated heterocycles. The highest BCUT2D eigenvalue weighted by Gasteiger charge is 2.11. The lowest BCUT2D eigenvalue weighted by Gasteiger charge is -2.08. The predicted octanol–water partition coefficient (Wildman–Crippen LogP) is 4.62. The molecule has 132 valence electrons. The second-order valence-corrected chi connectivity index (χ2v) is 6.25. The third kappa shape index (κ3) is 4.49. The van der Waals surface area contributed by atoms with Crippen molar-refractivity contribution >= 4 is 28.9 Å². The number of ether oxygens (including phenoxy) is 2. The molecule has 2 aromatic carbocycles. The van der Waals surface area contributed by atoms with Crippen LogP contribution in [0, 0.1) is 0 Å². The van der Waals surface area contributed by atoms with Gasteiger partial charge in [0.15, 0.2) is 0 Å². The second kappa shape index (κ2) is 8.31. The van der Waals surface area contributed by atoms with E-state index < -0.39 is 5.97 Å². The minimum absolute atomic E-state index is 0.169. The number of hydrogen-bond donors (Lipinski definition) is 1. The molecule has 0 aliphatic rings. The van der Waals surface area contributed by atoms with Crippen LogP contribution >= 0.6 is 11.3 Å². The Labute approximate surface area is 155 Å². The fraction of sp³-hybridized carbons (Fsp3) is 0.100. The maximum Gasteiger partial charge on any atom is 0.343 e. The van der Waals surface area contributed by atoms with Crippen molar-refractivity contribution in [3.05, 3.63) is 76.5 Å². The number of hydrogen-bond acceptors (Lipinski definition) is 5. The minimum atomic E-state index is -0.470. The molecule has 26 heavy (non-hydrogen) atoms. The van der Waals surface area contributed by atoms with Crippen LogP contribution in [0.4, 0.5) is 5.69 Å². The van der Waals surface area contributed by atoms with E-state index in [1.807, 2.05) is 18.4 Å². The van der Waals surface area contributed by atoms with Crippen LogP contribution in [0.15, 0.2) is 66.0 Å². The summed E-state index contributed by atoms with van der Waals surface area (Å²) >= 11 is 1.37. The standard InChI is InChI=1S/C20H17NO4S/c1-2-24-17-6-3-5-14(13-17)20(23)25-16-10-8-15(9-11-16)21-19(22)18-7-4-12-26-18/h3-13H,2H2,1H3,(H,21,22). The van der Waals surface area contributed by atoms with Gasteiger partial charge in [-0.3, -0.25) is 4.79 Å². The van der Waals surface area contributed by atoms with E-state index >= 15 is 0 Å². The van der Waals surface area contributed by atoms with Gasteiger partial charge in [-0.25, -0.2) is 4.79 Å². The van der Waals surface area contributed by atoms with Gasteiger partial charge >= 0.3 is 5.97 Å². The Morgan fingerprint density at radius 2 is 1.81 bits per heavy atom. The second-order valence-electron chi connectivity index (χ2n) is 5.31. The number of amides is 1. The molecule has 0 fully saturated rings. The topological polar surface area (TPSA) is 64.6 Å². The van der Waals surface area contributed by atoms with E-state index in [2.05, 4.69) is 5.32 Å². The fourth-order valence-corrected chi connectivity index (χ4v) is 2.87. The van der Waals surface area contributed by atoms with Crippen LogP contribution in [-0.4, -0.2) is 18.5 Å². The fourth-order valence-electron chi connectivity index (χ4n) is 2.25. The highest BCUT2D eigenvalue weighted by atomic mass is 32.1. The van der Waals surface area contributed by atoms with Gasteiger partial charge in [-0.15, -0.1) is 11.3 Å². The van der Waals surface area contributed by atoms with E-state index in [4.69, 9.17) is 9.47 Å². The van der Waals surface area contributed by atoms with E-state index in [1.165, 1.54) is 11.3 Å². The maximum atomic E-state index is 12.2. The van der Waals surface area contributed by atoms with Crippen molar-refractivity contribution in [2.75, 3.05) is 11.9 Å². The van der Waals surface area contributed by atoms with Crippen molar-refractivity contribution in [1.29, 1.82) is 0 Å². The molecule has 0 unspecified atom stereocenters. The molecule has 6 heteroatoms. The molecule has 3 rings (SSSR count). The Morgan fingerprint density at radius 3 is 2.50 bits per heavy atom. The lowest BCUT2D eigenvalue weighted by molar-refractivity contribution is 0.0734. The normalized spacial score (nSPS) is 10.2.